The van der Waals surface area contributed by atoms with Crippen molar-refractivity contribution in [1.82, 2.24) is 4.90 Å². The summed E-state index contributed by atoms with van der Waals surface area (Å²) < 4.78 is 6.44. The summed E-state index contributed by atoms with van der Waals surface area (Å²) in [6, 6.07) is 16.3. The second kappa shape index (κ2) is 5.94. The first-order valence-electron chi connectivity index (χ1n) is 8.02. The van der Waals surface area contributed by atoms with Crippen LogP contribution in [0.1, 0.15) is 27.0 Å². The molecule has 0 saturated carbocycles. The van der Waals surface area contributed by atoms with Crippen LogP contribution in [0, 0.1) is 18.3 Å². The third kappa shape index (κ3) is 2.56. The molecule has 24 heavy (non-hydrogen) atoms. The number of nitrogens with zero attached hydrogens (tertiary/aromatic N) is 2. The summed E-state index contributed by atoms with van der Waals surface area (Å²) in [6.07, 6.45) is 0.0359. The van der Waals surface area contributed by atoms with Gasteiger partial charge in [0.15, 0.2) is 0 Å². The van der Waals surface area contributed by atoms with Crippen LogP contribution in [0.4, 0.5) is 0 Å². The minimum atomic E-state index is 0.0359. The van der Waals surface area contributed by atoms with E-state index >= 15 is 0 Å². The number of aryl methyl sites for hydroxylation is 1. The number of likely N-dealkylation sites (N-methyl/N-ethyl adjacent to an activating group) is 1. The van der Waals surface area contributed by atoms with Gasteiger partial charge in [-0.3, -0.25) is 4.90 Å². The first-order valence-corrected chi connectivity index (χ1v) is 8.83. The monoisotopic (exact) mass is 334 g/mol. The highest BCUT2D eigenvalue weighted by Gasteiger charge is 2.27. The Bertz CT molecular complexity index is 954. The Balaban J connectivity index is 1.77. The first kappa shape index (κ1) is 15.2. The Hall–Kier alpha value is -2.35. The van der Waals surface area contributed by atoms with Crippen LogP contribution in [0.2, 0.25) is 0 Å². The third-order valence-corrected chi connectivity index (χ3v) is 5.63. The first-order chi connectivity index (χ1) is 11.7. The topological polar surface area (TPSA) is 36.3 Å². The van der Waals surface area contributed by atoms with E-state index in [2.05, 4.69) is 31.0 Å². The van der Waals surface area contributed by atoms with Crippen molar-refractivity contribution in [1.29, 1.82) is 5.26 Å². The van der Waals surface area contributed by atoms with E-state index in [0.29, 0.717) is 5.56 Å². The summed E-state index contributed by atoms with van der Waals surface area (Å²) in [5.74, 6) is 0.849. The van der Waals surface area contributed by atoms with Crippen molar-refractivity contribution in [3.8, 4) is 11.8 Å². The van der Waals surface area contributed by atoms with E-state index in [4.69, 9.17) is 4.74 Å². The van der Waals surface area contributed by atoms with Crippen LogP contribution in [-0.2, 0) is 6.54 Å². The molecule has 0 bridgehead atoms. The number of hydrogen-bond donors (Lipinski definition) is 0. The van der Waals surface area contributed by atoms with Crippen molar-refractivity contribution in [2.24, 2.45) is 0 Å². The summed E-state index contributed by atoms with van der Waals surface area (Å²) in [6.45, 7) is 4.01. The summed E-state index contributed by atoms with van der Waals surface area (Å²) in [4.78, 5) is 4.96. The smallest absolute Gasteiger partial charge is 0.146 e. The van der Waals surface area contributed by atoms with Crippen LogP contribution in [0.5, 0.6) is 5.75 Å². The zero-order valence-corrected chi connectivity index (χ0v) is 14.6. The van der Waals surface area contributed by atoms with Gasteiger partial charge in [-0.1, -0.05) is 24.3 Å². The van der Waals surface area contributed by atoms with Crippen LogP contribution in [0.15, 0.2) is 42.5 Å². The van der Waals surface area contributed by atoms with Gasteiger partial charge >= 0.3 is 0 Å². The summed E-state index contributed by atoms with van der Waals surface area (Å²) in [5.41, 5.74) is 2.06. The molecule has 0 amide bonds. The van der Waals surface area contributed by atoms with Gasteiger partial charge in [-0.25, -0.2) is 0 Å². The Kier molecular flexibility index (Phi) is 3.76. The van der Waals surface area contributed by atoms with Gasteiger partial charge in [0, 0.05) is 28.7 Å². The molecule has 1 aromatic heterocycles. The molecule has 4 heteroatoms. The number of thiophene rings is 1. The molecular weight excluding hydrogens is 316 g/mol. The zero-order chi connectivity index (χ0) is 16.7. The van der Waals surface area contributed by atoms with Crippen molar-refractivity contribution in [2.75, 3.05) is 13.6 Å². The lowest BCUT2D eigenvalue weighted by Crippen LogP contribution is -2.31. The molecule has 0 aliphatic carbocycles. The highest BCUT2D eigenvalue weighted by atomic mass is 32.1. The fourth-order valence-corrected chi connectivity index (χ4v) is 4.47. The maximum absolute atomic E-state index is 9.32. The minimum Gasteiger partial charge on any atom is -0.483 e. The average molecular weight is 334 g/mol. The Labute approximate surface area is 145 Å². The molecule has 0 radical (unpaired) electrons. The van der Waals surface area contributed by atoms with Crippen LogP contribution in [-0.4, -0.2) is 18.5 Å². The highest BCUT2D eigenvalue weighted by molar-refractivity contribution is 7.12. The lowest BCUT2D eigenvalue weighted by Gasteiger charge is -2.30. The van der Waals surface area contributed by atoms with Crippen molar-refractivity contribution in [3.05, 3.63) is 63.3 Å². The molecule has 0 N–H and O–H groups in total. The predicted molar refractivity (Wildman–Crippen MR) is 97.4 cm³/mol. The summed E-state index contributed by atoms with van der Waals surface area (Å²) >= 11 is 1.83. The molecule has 2 aromatic carbocycles. The average Bonchev–Trinajstić information content (AvgIpc) is 2.95. The molecule has 120 valence electrons. The van der Waals surface area contributed by atoms with Gasteiger partial charge in [-0.05, 0) is 37.7 Å². The maximum atomic E-state index is 9.32. The molecule has 3 nitrogen and oxygen atoms in total. The SMILES string of the molecule is Cc1cc2c(s1)C(Oc1ccc(C#N)c3ccccc13)CN(C)C2. The number of nitriles is 1. The number of rotatable bonds is 2. The van der Waals surface area contributed by atoms with E-state index in [9.17, 15) is 5.26 Å². The lowest BCUT2D eigenvalue weighted by molar-refractivity contribution is 0.134. The van der Waals surface area contributed by atoms with Crippen molar-refractivity contribution in [2.45, 2.75) is 19.6 Å². The van der Waals surface area contributed by atoms with Gasteiger partial charge in [-0.2, -0.15) is 5.26 Å². The van der Waals surface area contributed by atoms with Gasteiger partial charge in [0.2, 0.25) is 0 Å². The Morgan fingerprint density at radius 3 is 2.79 bits per heavy atom. The number of benzene rings is 2. The van der Waals surface area contributed by atoms with Crippen molar-refractivity contribution >= 4 is 22.1 Å². The van der Waals surface area contributed by atoms with Crippen LogP contribution >= 0.6 is 11.3 Å². The molecular formula is C20H18N2OS. The van der Waals surface area contributed by atoms with Crippen molar-refractivity contribution in [3.63, 3.8) is 0 Å². The third-order valence-electron chi connectivity index (χ3n) is 4.45. The quantitative estimate of drug-likeness (QED) is 0.684. The van der Waals surface area contributed by atoms with E-state index in [1.165, 1.54) is 15.3 Å². The highest BCUT2D eigenvalue weighted by Crippen LogP contribution is 2.38. The van der Waals surface area contributed by atoms with Gasteiger partial charge in [0.05, 0.1) is 16.5 Å². The molecule has 1 unspecified atom stereocenters. The molecule has 3 aromatic rings. The van der Waals surface area contributed by atoms with Gasteiger partial charge in [0.25, 0.3) is 0 Å². The molecule has 1 aliphatic heterocycles. The second-order valence-corrected chi connectivity index (χ2v) is 7.61. The predicted octanol–water partition coefficient (Wildman–Crippen LogP) is 4.65. The van der Waals surface area contributed by atoms with Crippen molar-refractivity contribution < 1.29 is 4.74 Å². The van der Waals surface area contributed by atoms with E-state index in [-0.39, 0.29) is 6.10 Å². The summed E-state index contributed by atoms with van der Waals surface area (Å²) in [5, 5.41) is 11.3. The Morgan fingerprint density at radius 1 is 1.21 bits per heavy atom. The molecule has 1 aliphatic rings. The maximum Gasteiger partial charge on any atom is 0.146 e. The van der Waals surface area contributed by atoms with E-state index in [1.807, 2.05) is 47.7 Å². The number of hydrogen-bond acceptors (Lipinski definition) is 4. The largest absolute Gasteiger partial charge is 0.483 e. The van der Waals surface area contributed by atoms with Crippen LogP contribution < -0.4 is 4.74 Å². The van der Waals surface area contributed by atoms with E-state index in [0.717, 1.165) is 29.6 Å². The molecule has 2 heterocycles. The van der Waals surface area contributed by atoms with E-state index in [1.54, 1.807) is 0 Å². The minimum absolute atomic E-state index is 0.0359. The fourth-order valence-electron chi connectivity index (χ4n) is 3.42. The second-order valence-electron chi connectivity index (χ2n) is 6.32. The molecule has 0 spiro atoms. The van der Waals surface area contributed by atoms with Gasteiger partial charge in [0.1, 0.15) is 11.9 Å². The van der Waals surface area contributed by atoms with Gasteiger partial charge < -0.3 is 4.74 Å². The van der Waals surface area contributed by atoms with Gasteiger partial charge in [-0.15, -0.1) is 11.3 Å². The van der Waals surface area contributed by atoms with Crippen LogP contribution in [0.25, 0.3) is 10.8 Å². The lowest BCUT2D eigenvalue weighted by atomic mass is 10.0. The standard InChI is InChI=1S/C20H18N2OS/c1-13-9-15-11-22(2)12-19(20(15)24-13)23-18-8-7-14(10-21)16-5-3-4-6-17(16)18/h3-9,19H,11-12H2,1-2H3. The Morgan fingerprint density at radius 2 is 2.00 bits per heavy atom. The summed E-state index contributed by atoms with van der Waals surface area (Å²) in [7, 11) is 2.13. The zero-order valence-electron chi connectivity index (χ0n) is 13.7. The molecule has 4 rings (SSSR count). The fraction of sp³-hybridized carbons (Fsp3) is 0.250. The molecule has 0 fully saturated rings. The molecule has 0 saturated heterocycles. The molecule has 1 atom stereocenters. The normalized spacial score (nSPS) is 17.5. The van der Waals surface area contributed by atoms with E-state index < -0.39 is 0 Å². The number of fused-ring (bicyclic) bond motifs is 2. The van der Waals surface area contributed by atoms with Crippen LogP contribution in [0.3, 0.4) is 0 Å². The number of ether oxygens (including phenoxy) is 1.